The molecule has 3 atom stereocenters. The lowest BCUT2D eigenvalue weighted by atomic mass is 9.70. The van der Waals surface area contributed by atoms with Gasteiger partial charge in [-0.2, -0.15) is 5.10 Å². The Balaban J connectivity index is 0.940. The molecular weight excluding hydrogens is 576 g/mol. The summed E-state index contributed by atoms with van der Waals surface area (Å²) in [4.78, 5) is 19.5. The summed E-state index contributed by atoms with van der Waals surface area (Å²) in [6.45, 7) is 11.2. The second-order valence-corrected chi connectivity index (χ2v) is 13.3. The molecule has 5 aliphatic rings. The van der Waals surface area contributed by atoms with Gasteiger partial charge in [-0.15, -0.1) is 5.10 Å². The van der Waals surface area contributed by atoms with Crippen molar-refractivity contribution in [3.8, 4) is 0 Å². The number of allylic oxidation sites excluding steroid dienone is 2. The van der Waals surface area contributed by atoms with E-state index in [2.05, 4.69) is 58.6 Å². The second-order valence-electron chi connectivity index (χ2n) is 13.3. The van der Waals surface area contributed by atoms with Gasteiger partial charge in [0.2, 0.25) is 5.95 Å². The summed E-state index contributed by atoms with van der Waals surface area (Å²) < 4.78 is 0. The Morgan fingerprint density at radius 3 is 2.48 bits per heavy atom. The van der Waals surface area contributed by atoms with E-state index in [1.165, 1.54) is 32.5 Å². The molecule has 2 aromatic heterocycles. The van der Waals surface area contributed by atoms with E-state index in [0.29, 0.717) is 0 Å². The fraction of sp³-hybridized carbons (Fsp3) is 0.486. The molecule has 0 spiro atoms. The molecule has 0 saturated carbocycles. The van der Waals surface area contributed by atoms with Crippen LogP contribution in [-0.2, 0) is 5.41 Å². The van der Waals surface area contributed by atoms with Crippen molar-refractivity contribution in [1.29, 1.82) is 0 Å². The largest absolute Gasteiger partial charge is 0.387 e. The van der Waals surface area contributed by atoms with Crippen LogP contribution in [0.2, 0.25) is 0 Å². The maximum absolute atomic E-state index is 11.3. The predicted molar refractivity (Wildman–Crippen MR) is 182 cm³/mol. The zero-order chi connectivity index (χ0) is 30.9. The molecule has 3 aromatic rings. The number of hydrogen-bond acceptors (Lipinski definition) is 11. The van der Waals surface area contributed by atoms with Crippen LogP contribution in [0, 0.1) is 5.92 Å². The third kappa shape index (κ3) is 5.50. The van der Waals surface area contributed by atoms with Crippen LogP contribution in [0.15, 0.2) is 73.1 Å². The van der Waals surface area contributed by atoms with E-state index < -0.39 is 11.5 Å². The van der Waals surface area contributed by atoms with Gasteiger partial charge in [0.15, 0.2) is 5.82 Å². The first-order valence-corrected chi connectivity index (χ1v) is 16.9. The van der Waals surface area contributed by atoms with E-state index >= 15 is 0 Å². The van der Waals surface area contributed by atoms with Gasteiger partial charge in [-0.05, 0) is 30.4 Å². The molecule has 0 bridgehead atoms. The van der Waals surface area contributed by atoms with Gasteiger partial charge in [0.25, 0.3) is 0 Å². The fourth-order valence-corrected chi connectivity index (χ4v) is 7.94. The van der Waals surface area contributed by atoms with Crippen LogP contribution in [0.3, 0.4) is 0 Å². The van der Waals surface area contributed by atoms with Crippen LogP contribution in [0.1, 0.15) is 24.1 Å². The number of nitrogens with one attached hydrogen (secondary N) is 2. The summed E-state index contributed by atoms with van der Waals surface area (Å²) in [5, 5.41) is 27.6. The van der Waals surface area contributed by atoms with Crippen molar-refractivity contribution < 1.29 is 5.11 Å². The highest BCUT2D eigenvalue weighted by Gasteiger charge is 2.43. The quantitative estimate of drug-likeness (QED) is 0.378. The number of fused-ring (bicyclic) bond motifs is 3. The normalized spacial score (nSPS) is 26.8. The molecule has 1 aliphatic carbocycles. The van der Waals surface area contributed by atoms with Crippen LogP contribution < -0.4 is 25.3 Å². The summed E-state index contributed by atoms with van der Waals surface area (Å²) in [5.74, 6) is 2.37. The lowest BCUT2D eigenvalue weighted by Crippen LogP contribution is -2.58. The van der Waals surface area contributed by atoms with Crippen molar-refractivity contribution in [2.45, 2.75) is 30.4 Å². The molecule has 3 saturated heterocycles. The molecule has 4 aliphatic heterocycles. The Hall–Kier alpha value is -4.06. The van der Waals surface area contributed by atoms with Gasteiger partial charge >= 0.3 is 0 Å². The minimum atomic E-state index is -0.803. The average Bonchev–Trinajstić information content (AvgIpc) is 3.12. The highest BCUT2D eigenvalue weighted by atomic mass is 16.3. The summed E-state index contributed by atoms with van der Waals surface area (Å²) >= 11 is 0. The predicted octanol–water partition coefficient (Wildman–Crippen LogP) is 2.28. The Morgan fingerprint density at radius 2 is 1.70 bits per heavy atom. The summed E-state index contributed by atoms with van der Waals surface area (Å²) in [6.07, 6.45) is 13.5. The van der Waals surface area contributed by atoms with Crippen LogP contribution in [0.4, 0.5) is 23.1 Å². The van der Waals surface area contributed by atoms with Gasteiger partial charge in [0, 0.05) is 72.0 Å². The lowest BCUT2D eigenvalue weighted by Gasteiger charge is -2.46. The Morgan fingerprint density at radius 1 is 0.891 bits per heavy atom. The van der Waals surface area contributed by atoms with E-state index in [0.717, 1.165) is 92.7 Å². The zero-order valence-electron chi connectivity index (χ0n) is 26.4. The van der Waals surface area contributed by atoms with Gasteiger partial charge in [-0.3, -0.25) is 0 Å². The number of aliphatic hydroxyl groups is 1. The van der Waals surface area contributed by atoms with Crippen molar-refractivity contribution in [2.24, 2.45) is 5.92 Å². The number of aliphatic hydroxyl groups excluding tert-OH is 1. The Bertz CT molecular complexity index is 1550. The number of piperazine rings is 2. The smallest absolute Gasteiger partial charge is 0.225 e. The summed E-state index contributed by atoms with van der Waals surface area (Å²) in [7, 11) is 0. The third-order valence-corrected chi connectivity index (χ3v) is 10.6. The van der Waals surface area contributed by atoms with Crippen molar-refractivity contribution in [3.63, 3.8) is 0 Å². The van der Waals surface area contributed by atoms with E-state index in [-0.39, 0.29) is 6.04 Å². The molecule has 11 nitrogen and oxygen atoms in total. The minimum Gasteiger partial charge on any atom is -0.387 e. The molecule has 3 N–H and O–H groups in total. The number of aromatic nitrogens is 4. The Kier molecular flexibility index (Phi) is 8.05. The molecule has 11 heteroatoms. The van der Waals surface area contributed by atoms with E-state index in [1.807, 2.05) is 54.9 Å². The number of piperidine rings is 1. The van der Waals surface area contributed by atoms with Gasteiger partial charge in [-0.25, -0.2) is 9.97 Å². The number of anilines is 4. The standard InChI is InChI=1S/C35H44N10O/c46-32-8-4-5-11-35(32,27-6-2-1-3-7-27)31-20-30-33(41-40-31)37-23-29-25-44(18-19-45(29)30)34-38-21-28(22-39-34)43-14-9-26(10-15-43)24-42-16-12-36-13-17-42/h1-8,11,20-22,26,29,32,36,46H,9-10,12-19,23-25H2,(H,37,41)/t29?,32-,35?/m0/s1. The highest BCUT2D eigenvalue weighted by Crippen LogP contribution is 2.42. The van der Waals surface area contributed by atoms with Crippen LogP contribution in [0.5, 0.6) is 0 Å². The van der Waals surface area contributed by atoms with E-state index in [9.17, 15) is 5.11 Å². The Labute approximate surface area is 271 Å². The van der Waals surface area contributed by atoms with E-state index in [4.69, 9.17) is 9.97 Å². The van der Waals surface area contributed by atoms with Crippen molar-refractivity contribution in [1.82, 2.24) is 30.4 Å². The number of nitrogens with zero attached hydrogens (tertiary/aromatic N) is 8. The molecule has 240 valence electrons. The van der Waals surface area contributed by atoms with Crippen molar-refractivity contribution in [2.75, 3.05) is 92.0 Å². The number of hydrogen-bond donors (Lipinski definition) is 3. The summed E-state index contributed by atoms with van der Waals surface area (Å²) in [6, 6.07) is 12.5. The highest BCUT2D eigenvalue weighted by molar-refractivity contribution is 5.71. The molecule has 6 heterocycles. The van der Waals surface area contributed by atoms with Crippen LogP contribution in [0.25, 0.3) is 0 Å². The number of benzene rings is 1. The lowest BCUT2D eigenvalue weighted by molar-refractivity contribution is 0.167. The first kappa shape index (κ1) is 29.3. The maximum Gasteiger partial charge on any atom is 0.225 e. The molecular formula is C35H44N10O. The van der Waals surface area contributed by atoms with Crippen molar-refractivity contribution >= 4 is 23.1 Å². The monoisotopic (exact) mass is 620 g/mol. The topological polar surface area (TPSA) is 109 Å². The average molecular weight is 621 g/mol. The van der Waals surface area contributed by atoms with Crippen LogP contribution in [-0.4, -0.2) is 114 Å². The van der Waals surface area contributed by atoms with Gasteiger partial charge < -0.3 is 35.3 Å². The third-order valence-electron chi connectivity index (χ3n) is 10.6. The maximum atomic E-state index is 11.3. The van der Waals surface area contributed by atoms with Gasteiger partial charge in [0.05, 0.1) is 47.0 Å². The molecule has 8 rings (SSSR count). The molecule has 3 fully saturated rings. The summed E-state index contributed by atoms with van der Waals surface area (Å²) in [5.41, 5.74) is 3.08. The molecule has 1 aromatic carbocycles. The van der Waals surface area contributed by atoms with Gasteiger partial charge in [-0.1, -0.05) is 54.6 Å². The number of rotatable bonds is 6. The second kappa shape index (κ2) is 12.6. The first-order valence-electron chi connectivity index (χ1n) is 16.9. The molecule has 2 unspecified atom stereocenters. The SMILES string of the molecule is O[C@H]1C=CC=CC1(c1ccccc1)c1cc2c(nn1)NCC1CN(c3ncc(N4CCC(CN5CCNCC5)CC4)cn3)CCN21. The molecule has 0 amide bonds. The first-order chi connectivity index (χ1) is 22.7. The van der Waals surface area contributed by atoms with Gasteiger partial charge in [0.1, 0.15) is 0 Å². The minimum absolute atomic E-state index is 0.232. The van der Waals surface area contributed by atoms with Crippen molar-refractivity contribution in [3.05, 3.63) is 84.4 Å². The molecule has 0 radical (unpaired) electrons. The van der Waals surface area contributed by atoms with Crippen LogP contribution >= 0.6 is 0 Å². The zero-order valence-corrected chi connectivity index (χ0v) is 26.4. The molecule has 46 heavy (non-hydrogen) atoms. The van der Waals surface area contributed by atoms with E-state index in [1.54, 1.807) is 0 Å². The fourth-order valence-electron chi connectivity index (χ4n) is 7.94.